The normalized spacial score (nSPS) is 15.9. The van der Waals surface area contributed by atoms with Crippen LogP contribution in [0, 0.1) is 5.92 Å². The molecule has 0 bridgehead atoms. The van der Waals surface area contributed by atoms with Gasteiger partial charge in [0.15, 0.2) is 0 Å². The summed E-state index contributed by atoms with van der Waals surface area (Å²) in [7, 11) is 1.63. The van der Waals surface area contributed by atoms with Crippen molar-refractivity contribution >= 4 is 0 Å². The van der Waals surface area contributed by atoms with Gasteiger partial charge >= 0.3 is 0 Å². The summed E-state index contributed by atoms with van der Waals surface area (Å²) >= 11 is 0. The quantitative estimate of drug-likeness (QED) is 0.794. The lowest BCUT2D eigenvalue weighted by Gasteiger charge is -2.14. The summed E-state index contributed by atoms with van der Waals surface area (Å²) < 4.78 is 10.3. The molecule has 0 saturated heterocycles. The van der Waals surface area contributed by atoms with E-state index < -0.39 is 0 Å². The maximum absolute atomic E-state index is 5.61. The van der Waals surface area contributed by atoms with Crippen molar-refractivity contribution in [1.29, 1.82) is 0 Å². The Hall–Kier alpha value is -0.940. The average molecular weight is 199 g/mol. The van der Waals surface area contributed by atoms with E-state index in [1.807, 2.05) is 13.8 Å². The largest absolute Gasteiger partial charge is 0.373 e. The minimum Gasteiger partial charge on any atom is -0.373 e. The predicted octanol–water partition coefficient (Wildman–Crippen LogP) is 1.43. The first kappa shape index (κ1) is 11.1. The van der Waals surface area contributed by atoms with E-state index in [0.717, 1.165) is 0 Å². The summed E-state index contributed by atoms with van der Waals surface area (Å²) in [5, 5.41) is 3.84. The zero-order chi connectivity index (χ0) is 10.7. The smallest absolute Gasteiger partial charge is 0.243 e. The topological polar surface area (TPSA) is 74.2 Å². The molecule has 5 heteroatoms. The van der Waals surface area contributed by atoms with E-state index >= 15 is 0 Å². The van der Waals surface area contributed by atoms with Crippen molar-refractivity contribution in [3.05, 3.63) is 11.7 Å². The monoisotopic (exact) mass is 199 g/mol. The molecule has 0 fully saturated rings. The molecule has 0 aliphatic heterocycles. The molecular weight excluding hydrogens is 182 g/mol. The van der Waals surface area contributed by atoms with E-state index in [-0.39, 0.29) is 12.1 Å². The number of aromatic nitrogens is 2. The number of hydrogen-bond donors (Lipinski definition) is 1. The van der Waals surface area contributed by atoms with Crippen molar-refractivity contribution in [3.63, 3.8) is 0 Å². The van der Waals surface area contributed by atoms with Crippen molar-refractivity contribution in [1.82, 2.24) is 10.1 Å². The van der Waals surface area contributed by atoms with Gasteiger partial charge in [-0.15, -0.1) is 0 Å². The van der Waals surface area contributed by atoms with Crippen LogP contribution in [0.2, 0.25) is 0 Å². The van der Waals surface area contributed by atoms with Crippen molar-refractivity contribution in [2.45, 2.75) is 32.9 Å². The fourth-order valence-electron chi connectivity index (χ4n) is 1.22. The van der Waals surface area contributed by atoms with E-state index in [2.05, 4.69) is 10.1 Å². The van der Waals surface area contributed by atoms with Gasteiger partial charge in [-0.1, -0.05) is 19.0 Å². The molecule has 0 radical (unpaired) electrons. The molecule has 1 aromatic rings. The highest BCUT2D eigenvalue weighted by atomic mass is 16.5. The van der Waals surface area contributed by atoms with Crippen molar-refractivity contribution in [2.75, 3.05) is 7.11 Å². The Balaban J connectivity index is 2.84. The maximum atomic E-state index is 5.61. The fourth-order valence-corrected chi connectivity index (χ4v) is 1.22. The third kappa shape index (κ3) is 2.30. The highest BCUT2D eigenvalue weighted by Crippen LogP contribution is 2.22. The Morgan fingerprint density at radius 1 is 1.36 bits per heavy atom. The average Bonchev–Trinajstić information content (AvgIpc) is 2.53. The second kappa shape index (κ2) is 4.52. The number of nitrogens with zero attached hydrogens (tertiary/aromatic N) is 2. The molecule has 1 aromatic heterocycles. The molecule has 2 atom stereocenters. The Labute approximate surface area is 83.6 Å². The van der Waals surface area contributed by atoms with Crippen LogP contribution in [0.1, 0.15) is 44.6 Å². The molecule has 2 N–H and O–H groups in total. The second-order valence-corrected chi connectivity index (χ2v) is 3.68. The zero-order valence-corrected chi connectivity index (χ0v) is 9.02. The number of rotatable bonds is 4. The van der Waals surface area contributed by atoms with Crippen LogP contribution < -0.4 is 5.73 Å². The van der Waals surface area contributed by atoms with Gasteiger partial charge in [0, 0.05) is 7.11 Å². The molecule has 0 aliphatic rings. The van der Waals surface area contributed by atoms with Gasteiger partial charge in [0.25, 0.3) is 0 Å². The molecule has 0 amide bonds. The Morgan fingerprint density at radius 2 is 2.00 bits per heavy atom. The molecule has 0 saturated carbocycles. The van der Waals surface area contributed by atoms with Crippen LogP contribution in [0.3, 0.4) is 0 Å². The fraction of sp³-hybridized carbons (Fsp3) is 0.778. The van der Waals surface area contributed by atoms with E-state index in [4.69, 9.17) is 15.0 Å². The number of hydrogen-bond acceptors (Lipinski definition) is 5. The van der Waals surface area contributed by atoms with Gasteiger partial charge in [0.05, 0.1) is 6.04 Å². The van der Waals surface area contributed by atoms with Crippen LogP contribution in [0.25, 0.3) is 0 Å². The number of nitrogens with two attached hydrogens (primary N) is 1. The van der Waals surface area contributed by atoms with Crippen LogP contribution in [-0.2, 0) is 4.74 Å². The standard InChI is InChI=1S/C9H17N3O2/c1-5(2)7(13-4)8-11-9(6(3)10)14-12-8/h5-7H,10H2,1-4H3/t6-,7?/m0/s1. The summed E-state index contributed by atoms with van der Waals surface area (Å²) in [6, 6.07) is -0.235. The summed E-state index contributed by atoms with van der Waals surface area (Å²) in [6.07, 6.45) is -0.133. The predicted molar refractivity (Wildman–Crippen MR) is 51.5 cm³/mol. The van der Waals surface area contributed by atoms with E-state index in [1.165, 1.54) is 0 Å². The molecule has 0 aromatic carbocycles. The van der Waals surface area contributed by atoms with Gasteiger partial charge in [-0.3, -0.25) is 0 Å². The molecular formula is C9H17N3O2. The molecule has 1 unspecified atom stereocenters. The van der Waals surface area contributed by atoms with E-state index in [1.54, 1.807) is 14.0 Å². The van der Waals surface area contributed by atoms with Crippen LogP contribution in [0.15, 0.2) is 4.52 Å². The first-order valence-corrected chi connectivity index (χ1v) is 4.68. The van der Waals surface area contributed by atoms with Crippen LogP contribution in [0.5, 0.6) is 0 Å². The van der Waals surface area contributed by atoms with Crippen LogP contribution in [-0.4, -0.2) is 17.3 Å². The maximum Gasteiger partial charge on any atom is 0.243 e. The lowest BCUT2D eigenvalue weighted by Crippen LogP contribution is -2.11. The molecule has 14 heavy (non-hydrogen) atoms. The molecule has 5 nitrogen and oxygen atoms in total. The molecule has 1 heterocycles. The minimum atomic E-state index is -0.235. The third-order valence-electron chi connectivity index (χ3n) is 1.96. The van der Waals surface area contributed by atoms with Gasteiger partial charge in [-0.25, -0.2) is 0 Å². The Kier molecular flexibility index (Phi) is 3.60. The molecule has 0 aliphatic carbocycles. The zero-order valence-electron chi connectivity index (χ0n) is 9.02. The van der Waals surface area contributed by atoms with E-state index in [9.17, 15) is 0 Å². The first-order chi connectivity index (χ1) is 6.56. The van der Waals surface area contributed by atoms with Gasteiger partial charge in [-0.2, -0.15) is 4.98 Å². The van der Waals surface area contributed by atoms with Crippen molar-refractivity contribution < 1.29 is 9.26 Å². The van der Waals surface area contributed by atoms with Gasteiger partial charge in [0.2, 0.25) is 11.7 Å². The summed E-state index contributed by atoms with van der Waals surface area (Å²) in [6.45, 7) is 5.88. The van der Waals surface area contributed by atoms with Crippen LogP contribution in [0.4, 0.5) is 0 Å². The van der Waals surface area contributed by atoms with Gasteiger partial charge in [-0.05, 0) is 12.8 Å². The lowest BCUT2D eigenvalue weighted by molar-refractivity contribution is 0.0555. The van der Waals surface area contributed by atoms with Crippen molar-refractivity contribution in [2.24, 2.45) is 11.7 Å². The van der Waals surface area contributed by atoms with Gasteiger partial charge < -0.3 is 15.0 Å². The summed E-state index contributed by atoms with van der Waals surface area (Å²) in [5.74, 6) is 1.32. The first-order valence-electron chi connectivity index (χ1n) is 4.68. The highest BCUT2D eigenvalue weighted by Gasteiger charge is 2.22. The van der Waals surface area contributed by atoms with Crippen LogP contribution >= 0.6 is 0 Å². The van der Waals surface area contributed by atoms with Crippen molar-refractivity contribution in [3.8, 4) is 0 Å². The lowest BCUT2D eigenvalue weighted by atomic mass is 10.1. The summed E-state index contributed by atoms with van der Waals surface area (Å²) in [4.78, 5) is 4.17. The SMILES string of the molecule is COC(c1noc([C@H](C)N)n1)C(C)C. The highest BCUT2D eigenvalue weighted by molar-refractivity contribution is 4.94. The minimum absolute atomic E-state index is 0.133. The molecule has 80 valence electrons. The Bertz CT molecular complexity index is 283. The summed E-state index contributed by atoms with van der Waals surface area (Å²) in [5.41, 5.74) is 5.61. The van der Waals surface area contributed by atoms with Gasteiger partial charge in [0.1, 0.15) is 6.10 Å². The van der Waals surface area contributed by atoms with E-state index in [0.29, 0.717) is 17.6 Å². The number of ether oxygens (including phenoxy) is 1. The third-order valence-corrected chi connectivity index (χ3v) is 1.96. The molecule has 1 rings (SSSR count). The number of methoxy groups -OCH3 is 1. The second-order valence-electron chi connectivity index (χ2n) is 3.68. The Morgan fingerprint density at radius 3 is 2.36 bits per heavy atom. The molecule has 0 spiro atoms.